The number of amides is 1. The maximum atomic E-state index is 11.9. The highest BCUT2D eigenvalue weighted by Gasteiger charge is 2.13. The average molecular weight is 501 g/mol. The van der Waals surface area contributed by atoms with E-state index in [1.807, 2.05) is 12.1 Å². The van der Waals surface area contributed by atoms with Gasteiger partial charge < -0.3 is 19.6 Å². The van der Waals surface area contributed by atoms with Crippen molar-refractivity contribution in [3.63, 3.8) is 0 Å². The molecular formula is C31H40N4O2. The van der Waals surface area contributed by atoms with Gasteiger partial charge in [-0.25, -0.2) is 0 Å². The van der Waals surface area contributed by atoms with Crippen molar-refractivity contribution < 1.29 is 9.63 Å². The van der Waals surface area contributed by atoms with Gasteiger partial charge in [-0.05, 0) is 49.6 Å². The van der Waals surface area contributed by atoms with Crippen molar-refractivity contribution in [3.05, 3.63) is 88.8 Å². The van der Waals surface area contributed by atoms with Crippen LogP contribution in [0.1, 0.15) is 37.0 Å². The number of hydrogen-bond acceptors (Lipinski definition) is 4. The van der Waals surface area contributed by atoms with E-state index in [-0.39, 0.29) is 19.9 Å². The van der Waals surface area contributed by atoms with Crippen LogP contribution in [0.5, 0.6) is 0 Å². The number of pyridine rings is 1. The molecule has 4 aromatic rings. The second-order valence-electron chi connectivity index (χ2n) is 9.40. The van der Waals surface area contributed by atoms with Crippen LogP contribution in [0.3, 0.4) is 0 Å². The third-order valence-corrected chi connectivity index (χ3v) is 6.65. The number of aromatic nitrogens is 1. The molecule has 0 unspecified atom stereocenters. The molecule has 6 nitrogen and oxygen atoms in total. The highest BCUT2D eigenvalue weighted by Crippen LogP contribution is 2.25. The fourth-order valence-corrected chi connectivity index (χ4v) is 4.50. The van der Waals surface area contributed by atoms with Crippen molar-refractivity contribution >= 4 is 27.7 Å². The summed E-state index contributed by atoms with van der Waals surface area (Å²) in [7, 11) is 3.50. The number of nitrogens with one attached hydrogen (secondary N) is 1. The Morgan fingerprint density at radius 3 is 2.46 bits per heavy atom. The van der Waals surface area contributed by atoms with E-state index in [2.05, 4.69) is 83.5 Å². The van der Waals surface area contributed by atoms with Gasteiger partial charge in [-0.1, -0.05) is 73.2 Å². The van der Waals surface area contributed by atoms with Crippen LogP contribution in [-0.4, -0.2) is 42.6 Å². The number of rotatable bonds is 10. The Hall–Kier alpha value is -3.64. The van der Waals surface area contributed by atoms with E-state index in [1.54, 1.807) is 19.0 Å². The summed E-state index contributed by atoms with van der Waals surface area (Å²) in [4.78, 5) is 19.2. The monoisotopic (exact) mass is 500 g/mol. The first-order valence-electron chi connectivity index (χ1n) is 12.6. The minimum Gasteiger partial charge on any atom is -0.395 e. The Bertz CT molecular complexity index is 1410. The first-order valence-corrected chi connectivity index (χ1v) is 12.6. The number of fused-ring (bicyclic) bond motifs is 2. The Morgan fingerprint density at radius 1 is 0.973 bits per heavy atom. The molecule has 0 spiro atoms. The van der Waals surface area contributed by atoms with E-state index in [0.717, 1.165) is 47.7 Å². The van der Waals surface area contributed by atoms with Crippen molar-refractivity contribution in [1.82, 2.24) is 14.8 Å². The predicted molar refractivity (Wildman–Crippen MR) is 153 cm³/mol. The number of para-hydroxylation sites is 1. The lowest BCUT2D eigenvalue weighted by Gasteiger charge is -2.19. The Morgan fingerprint density at radius 2 is 1.70 bits per heavy atom. The van der Waals surface area contributed by atoms with Crippen LogP contribution in [0.25, 0.3) is 21.8 Å². The van der Waals surface area contributed by atoms with Crippen molar-refractivity contribution in [2.45, 2.75) is 47.2 Å². The zero-order valence-corrected chi connectivity index (χ0v) is 21.8. The lowest BCUT2D eigenvalue weighted by atomic mass is 10.0. The quantitative estimate of drug-likeness (QED) is 0.177. The van der Waals surface area contributed by atoms with Gasteiger partial charge in [-0.2, -0.15) is 0 Å². The molecule has 0 aliphatic rings. The molecule has 6 heteroatoms. The Labute approximate surface area is 220 Å². The summed E-state index contributed by atoms with van der Waals surface area (Å²) in [6.45, 7) is 7.27. The number of carbonyl (C=O) groups is 1. The highest BCUT2D eigenvalue weighted by atomic mass is 16.6. The van der Waals surface area contributed by atoms with Crippen LogP contribution < -0.4 is 10.7 Å². The molecule has 196 valence electrons. The summed E-state index contributed by atoms with van der Waals surface area (Å²) in [5, 5.41) is 11.1. The first kappa shape index (κ1) is 27.9. The SMILES string of the molecule is C.Cc1ccc2/c(=N/OCCC(=O)N(C)C)c3ccccc3n(CCCNCc3ccccc3)c2c1C. The fourth-order valence-electron chi connectivity index (χ4n) is 4.50. The summed E-state index contributed by atoms with van der Waals surface area (Å²) in [5.74, 6) is 0.0261. The van der Waals surface area contributed by atoms with Gasteiger partial charge in [0.25, 0.3) is 0 Å². The van der Waals surface area contributed by atoms with Gasteiger partial charge in [-0.3, -0.25) is 4.79 Å². The summed E-state index contributed by atoms with van der Waals surface area (Å²) < 4.78 is 2.42. The molecule has 0 radical (unpaired) electrons. The summed E-state index contributed by atoms with van der Waals surface area (Å²) in [6.07, 6.45) is 1.30. The number of hydrogen-bond donors (Lipinski definition) is 1. The zero-order valence-electron chi connectivity index (χ0n) is 21.8. The third kappa shape index (κ3) is 6.57. The molecule has 3 aromatic carbocycles. The van der Waals surface area contributed by atoms with Gasteiger partial charge in [-0.15, -0.1) is 0 Å². The largest absolute Gasteiger partial charge is 0.395 e. The maximum Gasteiger partial charge on any atom is 0.225 e. The van der Waals surface area contributed by atoms with Crippen LogP contribution in [0, 0.1) is 13.8 Å². The van der Waals surface area contributed by atoms with E-state index < -0.39 is 0 Å². The second-order valence-corrected chi connectivity index (χ2v) is 9.40. The van der Waals surface area contributed by atoms with Crippen LogP contribution in [-0.2, 0) is 22.7 Å². The topological polar surface area (TPSA) is 58.9 Å². The molecule has 0 fully saturated rings. The highest BCUT2D eigenvalue weighted by molar-refractivity contribution is 5.95. The molecule has 0 atom stereocenters. The Balaban J connectivity index is 0.00000380. The van der Waals surface area contributed by atoms with Crippen molar-refractivity contribution in [3.8, 4) is 0 Å². The van der Waals surface area contributed by atoms with Gasteiger partial charge in [0.2, 0.25) is 5.91 Å². The summed E-state index contributed by atoms with van der Waals surface area (Å²) in [5.41, 5.74) is 6.11. The predicted octanol–water partition coefficient (Wildman–Crippen LogP) is 5.54. The number of carbonyl (C=O) groups excluding carboxylic acids is 1. The normalized spacial score (nSPS) is 11.5. The molecule has 37 heavy (non-hydrogen) atoms. The third-order valence-electron chi connectivity index (χ3n) is 6.65. The van der Waals surface area contributed by atoms with Gasteiger partial charge in [0, 0.05) is 38.0 Å². The van der Waals surface area contributed by atoms with Crippen molar-refractivity contribution in [2.24, 2.45) is 5.16 Å². The van der Waals surface area contributed by atoms with Crippen LogP contribution >= 0.6 is 0 Å². The van der Waals surface area contributed by atoms with E-state index in [4.69, 9.17) is 4.84 Å². The standard InChI is InChI=1S/C30H36N4O2.CH4/c1-22-15-16-26-29(32-36-20-17-28(35)33(3)4)25-13-8-9-14-27(25)34(30(26)23(22)2)19-10-18-31-21-24-11-6-5-7-12-24;/h5-9,11-16,31H,10,17-21H2,1-4H3;1H4/b32-29+;. The molecule has 1 amide bonds. The van der Waals surface area contributed by atoms with Gasteiger partial charge in [0.15, 0.2) is 0 Å². The fraction of sp³-hybridized carbons (Fsp3) is 0.355. The van der Waals surface area contributed by atoms with Crippen LogP contribution in [0.15, 0.2) is 71.9 Å². The molecular weight excluding hydrogens is 460 g/mol. The smallest absolute Gasteiger partial charge is 0.225 e. The molecule has 4 rings (SSSR count). The van der Waals surface area contributed by atoms with Crippen LogP contribution in [0.4, 0.5) is 0 Å². The van der Waals surface area contributed by atoms with Crippen molar-refractivity contribution in [2.75, 3.05) is 27.2 Å². The average Bonchev–Trinajstić information content (AvgIpc) is 2.89. The first-order chi connectivity index (χ1) is 17.5. The van der Waals surface area contributed by atoms with Crippen molar-refractivity contribution in [1.29, 1.82) is 0 Å². The summed E-state index contributed by atoms with van der Waals surface area (Å²) >= 11 is 0. The van der Waals surface area contributed by atoms with Gasteiger partial charge >= 0.3 is 0 Å². The lowest BCUT2D eigenvalue weighted by molar-refractivity contribution is -0.129. The van der Waals surface area contributed by atoms with Gasteiger partial charge in [0.1, 0.15) is 12.0 Å². The minimum absolute atomic E-state index is 0. The zero-order chi connectivity index (χ0) is 25.5. The van der Waals surface area contributed by atoms with Crippen LogP contribution in [0.2, 0.25) is 0 Å². The maximum absolute atomic E-state index is 11.9. The second kappa shape index (κ2) is 13.1. The van der Waals surface area contributed by atoms with E-state index >= 15 is 0 Å². The summed E-state index contributed by atoms with van der Waals surface area (Å²) in [6, 6.07) is 23.1. The molecule has 1 N–H and O–H groups in total. The molecule has 0 aliphatic heterocycles. The number of nitrogens with zero attached hydrogens (tertiary/aromatic N) is 3. The van der Waals surface area contributed by atoms with Gasteiger partial charge in [0.05, 0.1) is 17.5 Å². The molecule has 0 saturated heterocycles. The van der Waals surface area contributed by atoms with E-state index in [9.17, 15) is 4.79 Å². The minimum atomic E-state index is 0. The van der Waals surface area contributed by atoms with E-state index in [0.29, 0.717) is 6.42 Å². The number of benzene rings is 3. The lowest BCUT2D eigenvalue weighted by Crippen LogP contribution is -2.22. The molecule has 1 aromatic heterocycles. The molecule has 0 aliphatic carbocycles. The molecule has 0 bridgehead atoms. The molecule has 0 saturated carbocycles. The Kier molecular flexibility index (Phi) is 9.86. The van der Waals surface area contributed by atoms with E-state index in [1.165, 1.54) is 22.2 Å². The molecule has 1 heterocycles. The number of aryl methyl sites for hydroxylation is 3.